The van der Waals surface area contributed by atoms with E-state index in [1.165, 1.54) is 30.5 Å². The molecule has 2 aromatic carbocycles. The highest BCUT2D eigenvalue weighted by molar-refractivity contribution is 5.96. The van der Waals surface area contributed by atoms with Crippen LogP contribution in [-0.4, -0.2) is 35.4 Å². The van der Waals surface area contributed by atoms with Crippen molar-refractivity contribution in [3.05, 3.63) is 65.0 Å². The highest BCUT2D eigenvalue weighted by Gasteiger charge is 2.27. The van der Waals surface area contributed by atoms with Crippen LogP contribution in [0.4, 0.5) is 4.39 Å². The lowest BCUT2D eigenvalue weighted by Crippen LogP contribution is -2.28. The summed E-state index contributed by atoms with van der Waals surface area (Å²) < 4.78 is 20.2. The minimum atomic E-state index is -0.797. The maximum absolute atomic E-state index is 14.5. The van der Waals surface area contributed by atoms with Crippen molar-refractivity contribution in [1.29, 1.82) is 0 Å². The fourth-order valence-electron chi connectivity index (χ4n) is 4.40. The van der Waals surface area contributed by atoms with E-state index in [1.54, 1.807) is 6.07 Å². The Morgan fingerprint density at radius 3 is 2.24 bits per heavy atom. The Morgan fingerprint density at radius 1 is 0.941 bits per heavy atom. The van der Waals surface area contributed by atoms with Crippen LogP contribution in [0.25, 0.3) is 0 Å². The first-order chi connectivity index (χ1) is 16.4. The molecule has 0 aromatic heterocycles. The number of hydrogen-bond acceptors (Lipinski definition) is 4. The van der Waals surface area contributed by atoms with Crippen molar-refractivity contribution in [3.8, 4) is 5.75 Å². The Balaban J connectivity index is 1.20. The summed E-state index contributed by atoms with van der Waals surface area (Å²) in [7, 11) is 0. The highest BCUT2D eigenvalue weighted by atomic mass is 19.1. The average molecular weight is 468 g/mol. The molecular formula is C27H30FNO5. The molecule has 2 aromatic rings. The standard InChI is InChI=1S/C27H30FNO5/c28-23-16-21(11-14-25(23)34-22-12-9-20(10-13-22)27(32)33)24(30)2-1-15-29-26(31)19-7-5-18(6-8-19)17-3-4-17/h5-8,11,14,16-17,20,22H,1-4,9-10,12-13,15H2,(H,29,31)(H,32,33). The summed E-state index contributed by atoms with van der Waals surface area (Å²) in [4.78, 5) is 35.8. The van der Waals surface area contributed by atoms with E-state index in [2.05, 4.69) is 5.32 Å². The number of nitrogens with one attached hydrogen (secondary N) is 1. The molecule has 0 aliphatic heterocycles. The molecule has 2 aliphatic rings. The average Bonchev–Trinajstić information content (AvgIpc) is 3.69. The molecule has 0 saturated heterocycles. The Labute approximate surface area is 198 Å². The van der Waals surface area contributed by atoms with Gasteiger partial charge in [0.05, 0.1) is 12.0 Å². The second kappa shape index (κ2) is 10.8. The summed E-state index contributed by atoms with van der Waals surface area (Å²) in [5.74, 6) is -1.40. The van der Waals surface area contributed by atoms with Crippen LogP contribution in [0.2, 0.25) is 0 Å². The molecule has 0 unspecified atom stereocenters. The molecule has 0 spiro atoms. The summed E-state index contributed by atoms with van der Waals surface area (Å²) in [6.07, 6.45) is 5.02. The van der Waals surface area contributed by atoms with Crippen molar-refractivity contribution in [2.24, 2.45) is 5.92 Å². The number of benzene rings is 2. The maximum Gasteiger partial charge on any atom is 0.306 e. The number of carbonyl (C=O) groups excluding carboxylic acids is 2. The Kier molecular flexibility index (Phi) is 7.60. The van der Waals surface area contributed by atoms with E-state index in [4.69, 9.17) is 9.84 Å². The summed E-state index contributed by atoms with van der Waals surface area (Å²) >= 11 is 0. The predicted molar refractivity (Wildman–Crippen MR) is 125 cm³/mol. The lowest BCUT2D eigenvalue weighted by molar-refractivity contribution is -0.143. The van der Waals surface area contributed by atoms with Crippen LogP contribution in [0.5, 0.6) is 5.75 Å². The fraction of sp³-hybridized carbons (Fsp3) is 0.444. The molecule has 2 saturated carbocycles. The fourth-order valence-corrected chi connectivity index (χ4v) is 4.40. The second-order valence-corrected chi connectivity index (χ2v) is 9.25. The number of carbonyl (C=O) groups is 3. The Hall–Kier alpha value is -3.22. The van der Waals surface area contributed by atoms with E-state index in [0.717, 1.165) is 0 Å². The minimum Gasteiger partial charge on any atom is -0.487 e. The summed E-state index contributed by atoms with van der Waals surface area (Å²) in [6, 6.07) is 11.8. The third kappa shape index (κ3) is 6.22. The van der Waals surface area contributed by atoms with Gasteiger partial charge in [-0.15, -0.1) is 0 Å². The normalized spacial score (nSPS) is 19.9. The highest BCUT2D eigenvalue weighted by Crippen LogP contribution is 2.39. The van der Waals surface area contributed by atoms with E-state index < -0.39 is 11.8 Å². The molecule has 180 valence electrons. The first-order valence-electron chi connectivity index (χ1n) is 12.0. The molecule has 2 fully saturated rings. The van der Waals surface area contributed by atoms with E-state index in [0.29, 0.717) is 50.1 Å². The van der Waals surface area contributed by atoms with Gasteiger partial charge in [-0.1, -0.05) is 12.1 Å². The van der Waals surface area contributed by atoms with Crippen LogP contribution in [0.3, 0.4) is 0 Å². The van der Waals surface area contributed by atoms with Gasteiger partial charge in [0.15, 0.2) is 17.3 Å². The summed E-state index contributed by atoms with van der Waals surface area (Å²) in [5.41, 5.74) is 2.14. The third-order valence-corrected chi connectivity index (χ3v) is 6.66. The smallest absolute Gasteiger partial charge is 0.306 e. The number of halogens is 1. The Morgan fingerprint density at radius 2 is 1.62 bits per heavy atom. The number of ether oxygens (including phenoxy) is 1. The van der Waals surface area contributed by atoms with Crippen molar-refractivity contribution >= 4 is 17.7 Å². The molecule has 0 radical (unpaired) electrons. The van der Waals surface area contributed by atoms with Crippen LogP contribution in [-0.2, 0) is 4.79 Å². The number of aliphatic carboxylic acids is 1. The molecule has 0 bridgehead atoms. The van der Waals surface area contributed by atoms with Crippen LogP contribution in [0, 0.1) is 11.7 Å². The zero-order valence-corrected chi connectivity index (χ0v) is 19.1. The molecule has 4 rings (SSSR count). The van der Waals surface area contributed by atoms with Gasteiger partial charge >= 0.3 is 5.97 Å². The van der Waals surface area contributed by atoms with Gasteiger partial charge in [0.25, 0.3) is 5.91 Å². The number of amides is 1. The van der Waals surface area contributed by atoms with Gasteiger partial charge in [-0.2, -0.15) is 0 Å². The topological polar surface area (TPSA) is 92.7 Å². The van der Waals surface area contributed by atoms with Gasteiger partial charge in [0.2, 0.25) is 0 Å². The number of carboxylic acid groups (broad SMARTS) is 1. The van der Waals surface area contributed by atoms with Crippen LogP contribution in [0.15, 0.2) is 42.5 Å². The quantitative estimate of drug-likeness (QED) is 0.374. The molecule has 1 amide bonds. The summed E-state index contributed by atoms with van der Waals surface area (Å²) in [5, 5.41) is 11.9. The van der Waals surface area contributed by atoms with E-state index in [9.17, 15) is 18.8 Å². The zero-order chi connectivity index (χ0) is 24.1. The van der Waals surface area contributed by atoms with Crippen LogP contribution < -0.4 is 10.1 Å². The lowest BCUT2D eigenvalue weighted by Gasteiger charge is -2.27. The van der Waals surface area contributed by atoms with Gasteiger partial charge in [-0.25, -0.2) is 4.39 Å². The van der Waals surface area contributed by atoms with Gasteiger partial charge in [0, 0.05) is 24.1 Å². The second-order valence-electron chi connectivity index (χ2n) is 9.25. The van der Waals surface area contributed by atoms with Gasteiger partial charge < -0.3 is 15.2 Å². The number of hydrogen-bond donors (Lipinski definition) is 2. The molecule has 0 heterocycles. The predicted octanol–water partition coefficient (Wildman–Crippen LogP) is 5.12. The van der Waals surface area contributed by atoms with Crippen molar-refractivity contribution in [2.75, 3.05) is 6.54 Å². The Bertz CT molecular complexity index is 1040. The van der Waals surface area contributed by atoms with Gasteiger partial charge in [-0.3, -0.25) is 14.4 Å². The van der Waals surface area contributed by atoms with Crippen LogP contribution in [0.1, 0.15) is 83.6 Å². The molecule has 0 atom stereocenters. The molecule has 6 nitrogen and oxygen atoms in total. The van der Waals surface area contributed by atoms with E-state index >= 15 is 0 Å². The van der Waals surface area contributed by atoms with Gasteiger partial charge in [-0.05, 0) is 86.8 Å². The lowest BCUT2D eigenvalue weighted by atomic mass is 9.87. The van der Waals surface area contributed by atoms with Crippen molar-refractivity contribution < 1.29 is 28.6 Å². The monoisotopic (exact) mass is 467 g/mol. The number of carboxylic acids is 1. The van der Waals surface area contributed by atoms with Crippen molar-refractivity contribution in [1.82, 2.24) is 5.32 Å². The first kappa shape index (κ1) is 23.9. The SMILES string of the molecule is O=C(CCCNC(=O)c1ccc(C2CC2)cc1)c1ccc(OC2CCC(C(=O)O)CC2)c(F)c1. The zero-order valence-electron chi connectivity index (χ0n) is 19.1. The third-order valence-electron chi connectivity index (χ3n) is 6.66. The number of Topliss-reactive ketones (excluding diaryl/α,β-unsaturated/α-hetero) is 1. The number of rotatable bonds is 10. The summed E-state index contributed by atoms with van der Waals surface area (Å²) in [6.45, 7) is 0.359. The molecular weight excluding hydrogens is 437 g/mol. The van der Waals surface area contributed by atoms with Gasteiger partial charge in [0.1, 0.15) is 0 Å². The molecule has 34 heavy (non-hydrogen) atoms. The maximum atomic E-state index is 14.5. The largest absolute Gasteiger partial charge is 0.487 e. The number of ketones is 1. The van der Waals surface area contributed by atoms with Crippen LogP contribution >= 0.6 is 0 Å². The van der Waals surface area contributed by atoms with Crippen molar-refractivity contribution in [3.63, 3.8) is 0 Å². The van der Waals surface area contributed by atoms with Crippen molar-refractivity contribution in [2.45, 2.75) is 63.4 Å². The molecule has 2 N–H and O–H groups in total. The first-order valence-corrected chi connectivity index (χ1v) is 12.0. The molecule has 7 heteroatoms. The van der Waals surface area contributed by atoms with E-state index in [1.807, 2.05) is 24.3 Å². The van der Waals surface area contributed by atoms with E-state index in [-0.39, 0.29) is 41.4 Å². The molecule has 2 aliphatic carbocycles. The minimum absolute atomic E-state index is 0.0790.